The van der Waals surface area contributed by atoms with Crippen LogP contribution in [0.5, 0.6) is 0 Å². The number of hydrogen-bond donors (Lipinski definition) is 1. The molecule has 2 atom stereocenters. The van der Waals surface area contributed by atoms with Crippen molar-refractivity contribution < 1.29 is 9.59 Å². The highest BCUT2D eigenvalue weighted by atomic mass is 32.1. The highest BCUT2D eigenvalue weighted by Gasteiger charge is 2.39. The van der Waals surface area contributed by atoms with Crippen LogP contribution in [0.3, 0.4) is 0 Å². The van der Waals surface area contributed by atoms with E-state index in [1.165, 1.54) is 0 Å². The molecule has 2 aromatic rings. The molecule has 1 aliphatic rings. The van der Waals surface area contributed by atoms with Gasteiger partial charge in [-0.1, -0.05) is 6.07 Å². The van der Waals surface area contributed by atoms with E-state index in [-0.39, 0.29) is 23.8 Å². The van der Waals surface area contributed by atoms with Crippen molar-refractivity contribution in [3.05, 3.63) is 46.3 Å². The first-order valence-corrected chi connectivity index (χ1v) is 8.47. The maximum absolute atomic E-state index is 12.8. The molecule has 3 heterocycles. The summed E-state index contributed by atoms with van der Waals surface area (Å²) in [6.45, 7) is 1.96. The van der Waals surface area contributed by atoms with Gasteiger partial charge in [-0.25, -0.2) is 4.98 Å². The van der Waals surface area contributed by atoms with Gasteiger partial charge in [0, 0.05) is 24.5 Å². The smallest absolute Gasteiger partial charge is 0.231 e. The summed E-state index contributed by atoms with van der Waals surface area (Å²) in [5.74, 6) is 0.292. The van der Waals surface area contributed by atoms with Gasteiger partial charge in [-0.05, 0) is 42.5 Å². The van der Waals surface area contributed by atoms with Gasteiger partial charge in [0.1, 0.15) is 5.82 Å². The molecule has 6 heteroatoms. The fourth-order valence-electron chi connectivity index (χ4n) is 2.98. The summed E-state index contributed by atoms with van der Waals surface area (Å²) in [5, 5.41) is 4.87. The second kappa shape index (κ2) is 6.50. The van der Waals surface area contributed by atoms with Gasteiger partial charge in [0.25, 0.3) is 0 Å². The van der Waals surface area contributed by atoms with Crippen molar-refractivity contribution >= 4 is 29.0 Å². The molecule has 0 spiro atoms. The summed E-state index contributed by atoms with van der Waals surface area (Å²) in [6.07, 6.45) is 2.64. The number of rotatable bonds is 3. The topological polar surface area (TPSA) is 62.3 Å². The Bertz CT molecular complexity index is 714. The number of aromatic nitrogens is 1. The van der Waals surface area contributed by atoms with Crippen LogP contribution in [0.2, 0.25) is 0 Å². The lowest BCUT2D eigenvalue weighted by molar-refractivity contribution is -0.140. The van der Waals surface area contributed by atoms with E-state index < -0.39 is 0 Å². The maximum atomic E-state index is 12.8. The molecule has 1 saturated heterocycles. The van der Waals surface area contributed by atoms with Crippen LogP contribution in [0.15, 0.2) is 35.8 Å². The van der Waals surface area contributed by atoms with E-state index in [0.29, 0.717) is 18.7 Å². The van der Waals surface area contributed by atoms with Crippen molar-refractivity contribution in [3.63, 3.8) is 0 Å². The van der Waals surface area contributed by atoms with Crippen LogP contribution in [0.25, 0.3) is 0 Å². The fraction of sp³-hybridized carbons (Fsp3) is 0.353. The predicted molar refractivity (Wildman–Crippen MR) is 90.2 cm³/mol. The first kappa shape index (κ1) is 15.7. The number of likely N-dealkylation sites (tertiary alicyclic amines) is 1. The minimum atomic E-state index is -0.265. The molecule has 0 unspecified atom stereocenters. The standard InChI is InChI=1S/C17H19N3O2S/c1-11-7-8-18-14(10-11)19-17(22)12-5-6-15(21)20(2)16(12)13-4-3-9-23-13/h3-4,7-10,12,16H,5-6H2,1-2H3,(H,18,19,22)/t12-,16+/m1/s1. The summed E-state index contributed by atoms with van der Waals surface area (Å²) >= 11 is 1.58. The lowest BCUT2D eigenvalue weighted by atomic mass is 9.87. The Labute approximate surface area is 139 Å². The Balaban J connectivity index is 1.84. The van der Waals surface area contributed by atoms with Crippen molar-refractivity contribution in [2.24, 2.45) is 5.92 Å². The van der Waals surface area contributed by atoms with Crippen LogP contribution >= 0.6 is 11.3 Å². The number of piperidine rings is 1. The maximum Gasteiger partial charge on any atom is 0.231 e. The van der Waals surface area contributed by atoms with Crippen LogP contribution < -0.4 is 5.32 Å². The van der Waals surface area contributed by atoms with E-state index in [0.717, 1.165) is 10.4 Å². The fourth-order valence-corrected chi connectivity index (χ4v) is 3.92. The number of thiophene rings is 1. The van der Waals surface area contributed by atoms with Crippen molar-refractivity contribution in [1.29, 1.82) is 0 Å². The van der Waals surface area contributed by atoms with Crippen LogP contribution in [0.1, 0.15) is 29.3 Å². The molecule has 2 amide bonds. The third kappa shape index (κ3) is 3.27. The summed E-state index contributed by atoms with van der Waals surface area (Å²) < 4.78 is 0. The second-order valence-electron chi connectivity index (χ2n) is 5.82. The van der Waals surface area contributed by atoms with Crippen molar-refractivity contribution in [2.75, 3.05) is 12.4 Å². The van der Waals surface area contributed by atoms with Crippen LogP contribution in [0, 0.1) is 12.8 Å². The molecular formula is C17H19N3O2S. The number of nitrogens with zero attached hydrogens (tertiary/aromatic N) is 2. The Morgan fingerprint density at radius 1 is 1.43 bits per heavy atom. The summed E-state index contributed by atoms with van der Waals surface area (Å²) in [7, 11) is 1.77. The van der Waals surface area contributed by atoms with Gasteiger partial charge in [0.15, 0.2) is 0 Å². The van der Waals surface area contributed by atoms with E-state index in [2.05, 4.69) is 10.3 Å². The number of anilines is 1. The SMILES string of the molecule is Cc1ccnc(NC(=O)[C@@H]2CCC(=O)N(C)[C@@H]2c2cccs2)c1. The lowest BCUT2D eigenvalue weighted by Crippen LogP contribution is -2.44. The van der Waals surface area contributed by atoms with Gasteiger partial charge in [-0.3, -0.25) is 9.59 Å². The monoisotopic (exact) mass is 329 g/mol. The largest absolute Gasteiger partial charge is 0.337 e. The van der Waals surface area contributed by atoms with Crippen molar-refractivity contribution in [1.82, 2.24) is 9.88 Å². The number of carbonyl (C=O) groups excluding carboxylic acids is 2. The second-order valence-corrected chi connectivity index (χ2v) is 6.80. The minimum Gasteiger partial charge on any atom is -0.337 e. The Morgan fingerprint density at radius 2 is 2.26 bits per heavy atom. The Morgan fingerprint density at radius 3 is 2.96 bits per heavy atom. The molecular weight excluding hydrogens is 310 g/mol. The predicted octanol–water partition coefficient (Wildman–Crippen LogP) is 3.00. The molecule has 1 N–H and O–H groups in total. The molecule has 2 aromatic heterocycles. The summed E-state index contributed by atoms with van der Waals surface area (Å²) in [6, 6.07) is 7.45. The average Bonchev–Trinajstić information content (AvgIpc) is 3.03. The van der Waals surface area contributed by atoms with Crippen molar-refractivity contribution in [2.45, 2.75) is 25.8 Å². The Kier molecular flexibility index (Phi) is 4.43. The van der Waals surface area contributed by atoms with E-state index in [9.17, 15) is 9.59 Å². The first-order chi connectivity index (χ1) is 11.1. The first-order valence-electron chi connectivity index (χ1n) is 7.59. The molecule has 1 aliphatic heterocycles. The highest BCUT2D eigenvalue weighted by Crippen LogP contribution is 2.38. The molecule has 1 fully saturated rings. The number of pyridine rings is 1. The van der Waals surface area contributed by atoms with Gasteiger partial charge >= 0.3 is 0 Å². The molecule has 3 rings (SSSR count). The zero-order chi connectivity index (χ0) is 16.4. The summed E-state index contributed by atoms with van der Waals surface area (Å²) in [4.78, 5) is 31.7. The average molecular weight is 329 g/mol. The highest BCUT2D eigenvalue weighted by molar-refractivity contribution is 7.10. The number of nitrogens with one attached hydrogen (secondary N) is 1. The number of aryl methyl sites for hydroxylation is 1. The molecule has 5 nitrogen and oxygen atoms in total. The molecule has 120 valence electrons. The molecule has 23 heavy (non-hydrogen) atoms. The van der Waals surface area contributed by atoms with Gasteiger partial charge < -0.3 is 10.2 Å². The van der Waals surface area contributed by atoms with E-state index in [4.69, 9.17) is 0 Å². The van der Waals surface area contributed by atoms with E-state index >= 15 is 0 Å². The molecule has 0 radical (unpaired) electrons. The molecule has 0 saturated carbocycles. The molecule has 0 aromatic carbocycles. The molecule has 0 aliphatic carbocycles. The number of hydrogen-bond acceptors (Lipinski definition) is 4. The number of carbonyl (C=O) groups is 2. The number of amides is 2. The van der Waals surface area contributed by atoms with E-state index in [1.807, 2.05) is 36.6 Å². The lowest BCUT2D eigenvalue weighted by Gasteiger charge is -2.37. The van der Waals surface area contributed by atoms with Gasteiger partial charge in [0.05, 0.1) is 12.0 Å². The normalized spacial score (nSPS) is 21.3. The Hall–Kier alpha value is -2.21. The third-order valence-electron chi connectivity index (χ3n) is 4.20. The van der Waals surface area contributed by atoms with Gasteiger partial charge in [0.2, 0.25) is 11.8 Å². The summed E-state index contributed by atoms with van der Waals surface area (Å²) in [5.41, 5.74) is 1.04. The minimum absolute atomic E-state index is 0.0825. The third-order valence-corrected chi connectivity index (χ3v) is 5.14. The zero-order valence-corrected chi connectivity index (χ0v) is 14.0. The molecule has 0 bridgehead atoms. The van der Waals surface area contributed by atoms with E-state index in [1.54, 1.807) is 29.5 Å². The van der Waals surface area contributed by atoms with Crippen LogP contribution in [-0.4, -0.2) is 28.7 Å². The quantitative estimate of drug-likeness (QED) is 0.941. The van der Waals surface area contributed by atoms with Gasteiger partial charge in [-0.2, -0.15) is 0 Å². The zero-order valence-electron chi connectivity index (χ0n) is 13.2. The van der Waals surface area contributed by atoms with Gasteiger partial charge in [-0.15, -0.1) is 11.3 Å². The van der Waals surface area contributed by atoms with Crippen molar-refractivity contribution in [3.8, 4) is 0 Å². The van der Waals surface area contributed by atoms with Crippen LogP contribution in [0.4, 0.5) is 5.82 Å². The van der Waals surface area contributed by atoms with Crippen LogP contribution in [-0.2, 0) is 9.59 Å².